The van der Waals surface area contributed by atoms with Gasteiger partial charge < -0.3 is 20.3 Å². The molecule has 1 rings (SSSR count). The molecule has 94 valence electrons. The van der Waals surface area contributed by atoms with Crippen molar-refractivity contribution >= 4 is 5.91 Å². The summed E-state index contributed by atoms with van der Waals surface area (Å²) in [5.41, 5.74) is 0.145. The van der Waals surface area contributed by atoms with Gasteiger partial charge in [0, 0.05) is 25.8 Å². The highest BCUT2D eigenvalue weighted by Crippen LogP contribution is 2.22. The second-order valence-corrected chi connectivity index (χ2v) is 3.86. The lowest BCUT2D eigenvalue weighted by Gasteiger charge is -2.13. The Hall–Kier alpha value is -1.75. The lowest BCUT2D eigenvalue weighted by molar-refractivity contribution is 0.0927. The first kappa shape index (κ1) is 13.3. The van der Waals surface area contributed by atoms with Gasteiger partial charge in [-0.05, 0) is 25.5 Å². The molecule has 1 atom stereocenters. The second kappa shape index (κ2) is 6.10. The average molecular weight is 239 g/mol. The minimum atomic E-state index is -0.369. The summed E-state index contributed by atoms with van der Waals surface area (Å²) >= 11 is 0. The standard InChI is InChI=1S/C12H17NO4/c1-8(5-6-17-2)13-12(16)10-4-3-9(14)7-11(10)15/h3-4,7-8,14-15H,5-6H2,1-2H3,(H,13,16). The molecule has 1 aromatic carbocycles. The summed E-state index contributed by atoms with van der Waals surface area (Å²) in [7, 11) is 1.60. The fourth-order valence-electron chi connectivity index (χ4n) is 1.38. The average Bonchev–Trinajstić information content (AvgIpc) is 2.26. The number of methoxy groups -OCH3 is 1. The maximum absolute atomic E-state index is 11.8. The summed E-state index contributed by atoms with van der Waals surface area (Å²) in [4.78, 5) is 11.8. The van der Waals surface area contributed by atoms with Gasteiger partial charge in [0.25, 0.3) is 5.91 Å². The lowest BCUT2D eigenvalue weighted by Crippen LogP contribution is -2.33. The van der Waals surface area contributed by atoms with Gasteiger partial charge in [-0.15, -0.1) is 0 Å². The molecule has 0 fully saturated rings. The van der Waals surface area contributed by atoms with Crippen molar-refractivity contribution in [3.8, 4) is 11.5 Å². The number of ether oxygens (including phenoxy) is 1. The van der Waals surface area contributed by atoms with E-state index >= 15 is 0 Å². The predicted molar refractivity (Wildman–Crippen MR) is 63.2 cm³/mol. The summed E-state index contributed by atoms with van der Waals surface area (Å²) in [6.45, 7) is 2.41. The smallest absolute Gasteiger partial charge is 0.255 e. The molecule has 0 aromatic heterocycles. The van der Waals surface area contributed by atoms with Crippen LogP contribution in [-0.4, -0.2) is 35.9 Å². The van der Waals surface area contributed by atoms with Crippen LogP contribution in [0.2, 0.25) is 0 Å². The van der Waals surface area contributed by atoms with Crippen LogP contribution >= 0.6 is 0 Å². The van der Waals surface area contributed by atoms with Gasteiger partial charge in [0.15, 0.2) is 0 Å². The van der Waals surface area contributed by atoms with Crippen LogP contribution in [0, 0.1) is 0 Å². The molecule has 5 heteroatoms. The number of rotatable bonds is 5. The first-order chi connectivity index (χ1) is 8.04. The molecule has 17 heavy (non-hydrogen) atoms. The summed E-state index contributed by atoms with van der Waals surface area (Å²) in [5, 5.41) is 21.3. The van der Waals surface area contributed by atoms with Gasteiger partial charge >= 0.3 is 0 Å². The number of hydrogen-bond donors (Lipinski definition) is 3. The number of phenolic OH excluding ortho intramolecular Hbond substituents is 2. The van der Waals surface area contributed by atoms with E-state index in [1.807, 2.05) is 6.92 Å². The molecule has 0 radical (unpaired) electrons. The van der Waals surface area contributed by atoms with Crippen molar-refractivity contribution in [1.82, 2.24) is 5.32 Å². The Balaban J connectivity index is 2.63. The minimum Gasteiger partial charge on any atom is -0.508 e. The largest absolute Gasteiger partial charge is 0.508 e. The predicted octanol–water partition coefficient (Wildman–Crippen LogP) is 1.25. The van der Waals surface area contributed by atoms with Crippen LogP contribution < -0.4 is 5.32 Å². The van der Waals surface area contributed by atoms with E-state index in [1.165, 1.54) is 12.1 Å². The third kappa shape index (κ3) is 3.96. The van der Waals surface area contributed by atoms with Gasteiger partial charge in [0.05, 0.1) is 5.56 Å². The van der Waals surface area contributed by atoms with Crippen LogP contribution in [-0.2, 0) is 4.74 Å². The first-order valence-electron chi connectivity index (χ1n) is 5.36. The SMILES string of the molecule is COCCC(C)NC(=O)c1ccc(O)cc1O. The van der Waals surface area contributed by atoms with Crippen molar-refractivity contribution in [3.63, 3.8) is 0 Å². The molecular formula is C12H17NO4. The molecule has 1 unspecified atom stereocenters. The molecule has 0 saturated heterocycles. The molecule has 0 bridgehead atoms. The van der Waals surface area contributed by atoms with Crippen LogP contribution in [0.15, 0.2) is 18.2 Å². The maximum Gasteiger partial charge on any atom is 0.255 e. The van der Waals surface area contributed by atoms with Crippen LogP contribution in [0.25, 0.3) is 0 Å². The van der Waals surface area contributed by atoms with E-state index < -0.39 is 0 Å². The second-order valence-electron chi connectivity index (χ2n) is 3.86. The third-order valence-corrected chi connectivity index (χ3v) is 2.36. The number of amides is 1. The van der Waals surface area contributed by atoms with Gasteiger partial charge in [0.2, 0.25) is 0 Å². The molecule has 0 spiro atoms. The Labute approximate surface area is 100 Å². The zero-order valence-electron chi connectivity index (χ0n) is 9.93. The van der Waals surface area contributed by atoms with E-state index in [-0.39, 0.29) is 29.0 Å². The highest BCUT2D eigenvalue weighted by molar-refractivity contribution is 5.97. The molecule has 0 heterocycles. The topological polar surface area (TPSA) is 78.8 Å². The van der Waals surface area contributed by atoms with E-state index in [9.17, 15) is 9.90 Å². The monoisotopic (exact) mass is 239 g/mol. The summed E-state index contributed by atoms with van der Waals surface area (Å²) < 4.78 is 4.91. The van der Waals surface area contributed by atoms with Gasteiger partial charge in [-0.25, -0.2) is 0 Å². The molecule has 0 aliphatic rings. The van der Waals surface area contributed by atoms with Crippen molar-refractivity contribution in [2.75, 3.05) is 13.7 Å². The molecular weight excluding hydrogens is 222 g/mol. The Morgan fingerprint density at radius 3 is 2.76 bits per heavy atom. The number of carbonyl (C=O) groups is 1. The number of aromatic hydroxyl groups is 2. The third-order valence-electron chi connectivity index (χ3n) is 2.36. The van der Waals surface area contributed by atoms with E-state index in [0.717, 1.165) is 6.07 Å². The van der Waals surface area contributed by atoms with Crippen molar-refractivity contribution in [2.24, 2.45) is 0 Å². The Bertz CT molecular complexity index is 392. The summed E-state index contributed by atoms with van der Waals surface area (Å²) in [6, 6.07) is 3.82. The molecule has 0 saturated carbocycles. The van der Waals surface area contributed by atoms with Crippen molar-refractivity contribution < 1.29 is 19.7 Å². The van der Waals surface area contributed by atoms with Crippen LogP contribution in [0.5, 0.6) is 11.5 Å². The van der Waals surface area contributed by atoms with Crippen molar-refractivity contribution in [1.29, 1.82) is 0 Å². The molecule has 0 aliphatic carbocycles. The van der Waals surface area contributed by atoms with Gasteiger partial charge in [-0.3, -0.25) is 4.79 Å². The summed E-state index contributed by atoms with van der Waals surface area (Å²) in [5.74, 6) is -0.681. The van der Waals surface area contributed by atoms with Crippen LogP contribution in [0.3, 0.4) is 0 Å². The minimum absolute atomic E-state index is 0.0457. The van der Waals surface area contributed by atoms with E-state index in [2.05, 4.69) is 5.32 Å². The van der Waals surface area contributed by atoms with E-state index in [1.54, 1.807) is 7.11 Å². The van der Waals surface area contributed by atoms with E-state index in [0.29, 0.717) is 13.0 Å². The Kier molecular flexibility index (Phi) is 4.78. The van der Waals surface area contributed by atoms with E-state index in [4.69, 9.17) is 9.84 Å². The highest BCUT2D eigenvalue weighted by Gasteiger charge is 2.13. The Morgan fingerprint density at radius 2 is 2.18 bits per heavy atom. The number of carbonyl (C=O) groups excluding carboxylic acids is 1. The zero-order chi connectivity index (χ0) is 12.8. The molecule has 1 amide bonds. The van der Waals surface area contributed by atoms with Crippen molar-refractivity contribution in [2.45, 2.75) is 19.4 Å². The normalized spacial score (nSPS) is 12.1. The zero-order valence-corrected chi connectivity index (χ0v) is 9.93. The van der Waals surface area contributed by atoms with Crippen LogP contribution in [0.1, 0.15) is 23.7 Å². The molecule has 5 nitrogen and oxygen atoms in total. The number of hydrogen-bond acceptors (Lipinski definition) is 4. The molecule has 3 N–H and O–H groups in total. The van der Waals surface area contributed by atoms with Gasteiger partial charge in [-0.2, -0.15) is 0 Å². The highest BCUT2D eigenvalue weighted by atomic mass is 16.5. The number of nitrogens with one attached hydrogen (secondary N) is 1. The van der Waals surface area contributed by atoms with Crippen LogP contribution in [0.4, 0.5) is 0 Å². The number of phenols is 2. The van der Waals surface area contributed by atoms with Gasteiger partial charge in [-0.1, -0.05) is 0 Å². The lowest BCUT2D eigenvalue weighted by atomic mass is 10.1. The van der Waals surface area contributed by atoms with Gasteiger partial charge in [0.1, 0.15) is 11.5 Å². The first-order valence-corrected chi connectivity index (χ1v) is 5.36. The van der Waals surface area contributed by atoms with Crippen molar-refractivity contribution in [3.05, 3.63) is 23.8 Å². The number of benzene rings is 1. The molecule has 1 aromatic rings. The molecule has 0 aliphatic heterocycles. The Morgan fingerprint density at radius 1 is 1.47 bits per heavy atom. The quantitative estimate of drug-likeness (QED) is 0.722. The fraction of sp³-hybridized carbons (Fsp3) is 0.417. The summed E-state index contributed by atoms with van der Waals surface area (Å²) in [6.07, 6.45) is 0.696. The fourth-order valence-corrected chi connectivity index (χ4v) is 1.38. The maximum atomic E-state index is 11.8.